The number of halogens is 2. The van der Waals surface area contributed by atoms with Gasteiger partial charge in [-0.2, -0.15) is 5.10 Å². The number of aliphatic carboxylic acids is 1. The van der Waals surface area contributed by atoms with Crippen molar-refractivity contribution in [3.63, 3.8) is 0 Å². The van der Waals surface area contributed by atoms with Gasteiger partial charge in [-0.05, 0) is 78.7 Å². The van der Waals surface area contributed by atoms with Crippen LogP contribution in [0.1, 0.15) is 16.8 Å². The zero-order chi connectivity index (χ0) is 43.2. The summed E-state index contributed by atoms with van der Waals surface area (Å²) in [7, 11) is 3.73. The Morgan fingerprint density at radius 1 is 0.887 bits per heavy atom. The summed E-state index contributed by atoms with van der Waals surface area (Å²) >= 11 is 7.06. The van der Waals surface area contributed by atoms with Crippen LogP contribution >= 0.6 is 11.6 Å². The van der Waals surface area contributed by atoms with Gasteiger partial charge in [0.25, 0.3) is 0 Å². The number of hydrogen-bond donors (Lipinski definition) is 2. The molecule has 0 spiro atoms. The van der Waals surface area contributed by atoms with E-state index in [1.165, 1.54) is 18.5 Å². The summed E-state index contributed by atoms with van der Waals surface area (Å²) in [6.07, 6.45) is 4.90. The Morgan fingerprint density at radius 2 is 1.65 bits per heavy atom. The van der Waals surface area contributed by atoms with Crippen molar-refractivity contribution in [1.82, 2.24) is 34.4 Å². The first-order chi connectivity index (χ1) is 30.2. The molecule has 7 aromatic rings. The van der Waals surface area contributed by atoms with Crippen LogP contribution in [-0.4, -0.2) is 105 Å². The van der Waals surface area contributed by atoms with Crippen LogP contribution in [0.4, 0.5) is 10.2 Å². The van der Waals surface area contributed by atoms with E-state index in [4.69, 9.17) is 30.8 Å². The summed E-state index contributed by atoms with van der Waals surface area (Å²) in [6, 6.07) is 25.4. The molecule has 8 rings (SSSR count). The number of aromatic nitrogens is 5. The minimum atomic E-state index is -1.15. The van der Waals surface area contributed by atoms with E-state index >= 15 is 0 Å². The molecule has 13 nitrogen and oxygen atoms in total. The summed E-state index contributed by atoms with van der Waals surface area (Å²) in [5.41, 5.74) is 6.18. The molecule has 1 atom stereocenters. The molecule has 318 valence electrons. The molecule has 0 bridgehead atoms. The second kappa shape index (κ2) is 19.0. The van der Waals surface area contributed by atoms with Gasteiger partial charge in [-0.15, -0.1) is 0 Å². The molecule has 0 amide bonds. The average molecular weight is 857 g/mol. The maximum absolute atomic E-state index is 14.2. The van der Waals surface area contributed by atoms with Crippen LogP contribution < -0.4 is 19.5 Å². The van der Waals surface area contributed by atoms with Gasteiger partial charge in [-0.1, -0.05) is 60.1 Å². The minimum absolute atomic E-state index is 0.0454. The first kappa shape index (κ1) is 42.1. The van der Waals surface area contributed by atoms with Crippen LogP contribution in [0.2, 0.25) is 5.02 Å². The molecule has 1 aliphatic rings. The van der Waals surface area contributed by atoms with Gasteiger partial charge in [0.15, 0.2) is 11.6 Å². The molecule has 4 heterocycles. The van der Waals surface area contributed by atoms with Gasteiger partial charge in [0, 0.05) is 62.7 Å². The predicted molar refractivity (Wildman–Crippen MR) is 237 cm³/mol. The lowest BCUT2D eigenvalue weighted by atomic mass is 9.94. The Balaban J connectivity index is 1.08. The van der Waals surface area contributed by atoms with E-state index in [0.717, 1.165) is 60.5 Å². The molecule has 1 aliphatic heterocycles. The Hall–Kier alpha value is -6.61. The third-order valence-corrected chi connectivity index (χ3v) is 11.5. The van der Waals surface area contributed by atoms with Crippen LogP contribution in [0.15, 0.2) is 110 Å². The van der Waals surface area contributed by atoms with Gasteiger partial charge in [-0.3, -0.25) is 4.90 Å². The zero-order valence-corrected chi connectivity index (χ0v) is 35.3. The van der Waals surface area contributed by atoms with E-state index < -0.39 is 12.0 Å². The number of nitrogens with one attached hydrogen (secondary N) is 1. The molecule has 1 unspecified atom stereocenters. The predicted octanol–water partition coefficient (Wildman–Crippen LogP) is 7.94. The van der Waals surface area contributed by atoms with Crippen molar-refractivity contribution in [1.29, 1.82) is 0 Å². The highest BCUT2D eigenvalue weighted by molar-refractivity contribution is 6.33. The van der Waals surface area contributed by atoms with E-state index in [1.807, 2.05) is 67.7 Å². The van der Waals surface area contributed by atoms with Crippen LogP contribution in [0, 0.1) is 12.7 Å². The fraction of sp³-hybridized carbons (Fsp3) is 0.255. The number of para-hydroxylation sites is 2. The molecule has 0 aliphatic carbocycles. The number of nitrogens with zero attached hydrogens (tertiary/aromatic N) is 7. The third-order valence-electron chi connectivity index (χ3n) is 11.1. The van der Waals surface area contributed by atoms with Crippen LogP contribution in [0.25, 0.3) is 39.2 Å². The van der Waals surface area contributed by atoms with Gasteiger partial charge in [0.05, 0.1) is 23.4 Å². The van der Waals surface area contributed by atoms with Gasteiger partial charge in [0.2, 0.25) is 0 Å². The van der Waals surface area contributed by atoms with E-state index in [2.05, 4.69) is 37.2 Å². The monoisotopic (exact) mass is 856 g/mol. The van der Waals surface area contributed by atoms with Gasteiger partial charge in [-0.25, -0.2) is 28.7 Å². The fourth-order valence-corrected chi connectivity index (χ4v) is 7.84. The fourth-order valence-electron chi connectivity index (χ4n) is 7.62. The van der Waals surface area contributed by atoms with Crippen molar-refractivity contribution >= 4 is 28.9 Å². The van der Waals surface area contributed by atoms with Crippen molar-refractivity contribution in [2.24, 2.45) is 0 Å². The lowest BCUT2D eigenvalue weighted by Gasteiger charge is -2.32. The highest BCUT2D eigenvalue weighted by Gasteiger charge is 2.27. The second-order valence-corrected chi connectivity index (χ2v) is 15.5. The lowest BCUT2D eigenvalue weighted by Crippen LogP contribution is -2.45. The summed E-state index contributed by atoms with van der Waals surface area (Å²) in [4.78, 5) is 31.5. The summed E-state index contributed by atoms with van der Waals surface area (Å²) < 4.78 is 33.9. The Bertz CT molecular complexity index is 2690. The number of fused-ring (bicyclic) bond motifs is 1. The maximum atomic E-state index is 14.2. The topological polar surface area (TPSA) is 139 Å². The van der Waals surface area contributed by atoms with Gasteiger partial charge >= 0.3 is 5.97 Å². The number of likely N-dealkylation sites (N-methyl/N-ethyl adjacent to an activating group) is 1. The molecule has 15 heteroatoms. The molecule has 62 heavy (non-hydrogen) atoms. The highest BCUT2D eigenvalue weighted by atomic mass is 35.5. The SMILES string of the molecule is COc1ccccc1-c1nccc(COc2ccccc2CC(Nc2ncnn3cc(-c4ccc(F)cc4)c(-c4ccc(OCCN5CCN(C)CC5)c(Cl)c4C)c23)C(=O)O)n1. The van der Waals surface area contributed by atoms with E-state index in [0.29, 0.717) is 57.0 Å². The zero-order valence-electron chi connectivity index (χ0n) is 34.6. The number of anilines is 1. The lowest BCUT2D eigenvalue weighted by molar-refractivity contribution is -0.137. The number of hydrogen-bond acceptors (Lipinski definition) is 11. The molecular weight excluding hydrogens is 811 g/mol. The molecule has 1 fully saturated rings. The van der Waals surface area contributed by atoms with Crippen molar-refractivity contribution in [2.75, 3.05) is 58.8 Å². The Labute approximate surface area is 363 Å². The van der Waals surface area contributed by atoms with Crippen molar-refractivity contribution in [2.45, 2.75) is 26.0 Å². The number of carboxylic acids is 1. The first-order valence-corrected chi connectivity index (χ1v) is 20.7. The highest BCUT2D eigenvalue weighted by Crippen LogP contribution is 2.44. The maximum Gasteiger partial charge on any atom is 0.326 e. The number of carboxylic acid groups (broad SMARTS) is 1. The first-order valence-electron chi connectivity index (χ1n) is 20.3. The molecule has 0 saturated carbocycles. The van der Waals surface area contributed by atoms with E-state index in [-0.39, 0.29) is 24.7 Å². The number of rotatable bonds is 16. The number of ether oxygens (including phenoxy) is 3. The normalized spacial score (nSPS) is 13.8. The van der Waals surface area contributed by atoms with Crippen molar-refractivity contribution in [3.05, 3.63) is 137 Å². The quantitative estimate of drug-likeness (QED) is 0.0976. The standard InChI is InChI=1S/C47H46ClFN8O5/c1-30-35(16-17-41(43(30)48)61-25-24-56-22-20-55(2)21-23-56)42-37(31-12-14-33(49)15-13-31)27-57-44(42)46(51-29-52-57)54-38(47(58)59)26-32-8-4-6-10-39(32)62-28-34-18-19-50-45(53-34)36-9-5-7-11-40(36)60-3/h4-19,27,29,38H,20-26,28H2,1-3H3,(H,58,59)(H,51,52,54). The van der Waals surface area contributed by atoms with E-state index in [1.54, 1.807) is 42.1 Å². The summed E-state index contributed by atoms with van der Waals surface area (Å²) in [5.74, 6) is 1.02. The summed E-state index contributed by atoms with van der Waals surface area (Å²) in [5, 5.41) is 18.9. The Kier molecular flexibility index (Phi) is 12.9. The smallest absolute Gasteiger partial charge is 0.326 e. The average Bonchev–Trinajstić information content (AvgIpc) is 3.68. The van der Waals surface area contributed by atoms with Crippen LogP contribution in [-0.2, 0) is 17.8 Å². The van der Waals surface area contributed by atoms with Crippen molar-refractivity contribution in [3.8, 4) is 50.9 Å². The van der Waals surface area contributed by atoms with Crippen LogP contribution in [0.5, 0.6) is 17.2 Å². The second-order valence-electron chi connectivity index (χ2n) is 15.1. The van der Waals surface area contributed by atoms with E-state index in [9.17, 15) is 14.3 Å². The van der Waals surface area contributed by atoms with Gasteiger partial charge in [0.1, 0.15) is 54.2 Å². The number of methoxy groups -OCH3 is 1. The molecule has 2 N–H and O–H groups in total. The Morgan fingerprint density at radius 3 is 2.42 bits per heavy atom. The number of piperazine rings is 1. The molecular formula is C47H46ClFN8O5. The molecule has 4 aromatic carbocycles. The molecule has 1 saturated heterocycles. The third kappa shape index (κ3) is 9.32. The number of benzene rings is 4. The summed E-state index contributed by atoms with van der Waals surface area (Å²) in [6.45, 7) is 7.30. The van der Waals surface area contributed by atoms with Gasteiger partial charge < -0.3 is 29.5 Å². The molecule has 3 aromatic heterocycles. The van der Waals surface area contributed by atoms with Crippen LogP contribution in [0.3, 0.4) is 0 Å². The van der Waals surface area contributed by atoms with Crippen molar-refractivity contribution < 1.29 is 28.5 Å². The minimum Gasteiger partial charge on any atom is -0.496 e. The number of carbonyl (C=O) groups is 1. The largest absolute Gasteiger partial charge is 0.496 e. The molecule has 0 radical (unpaired) electrons.